The monoisotopic (exact) mass is 799 g/mol. The zero-order chi connectivity index (χ0) is 47.9. The molecule has 5 heteroatoms. The van der Waals surface area contributed by atoms with Crippen molar-refractivity contribution in [2.24, 2.45) is 0 Å². The van der Waals surface area contributed by atoms with E-state index in [-0.39, 0.29) is 46.0 Å². The van der Waals surface area contributed by atoms with Gasteiger partial charge in [0.25, 0.3) is 0 Å². The molecule has 0 bridgehead atoms. The highest BCUT2D eigenvalue weighted by Crippen LogP contribution is 2.42. The summed E-state index contributed by atoms with van der Waals surface area (Å²) in [7, 11) is 0. The third kappa shape index (κ3) is 5.90. The maximum absolute atomic E-state index is 9.27. The first-order valence-corrected chi connectivity index (χ1v) is 20.3. The highest BCUT2D eigenvalue weighted by molar-refractivity contribution is 6.16. The summed E-state index contributed by atoms with van der Waals surface area (Å²) in [5.41, 5.74) is 9.39. The van der Waals surface area contributed by atoms with Crippen LogP contribution in [0.1, 0.15) is 11.0 Å². The molecular weight excluding hydrogens is 755 g/mol. The Morgan fingerprint density at radius 3 is 1.45 bits per heavy atom. The molecule has 290 valence electrons. The molecule has 9 aromatic carbocycles. The first-order valence-electron chi connectivity index (χ1n) is 24.3. The van der Waals surface area contributed by atoms with E-state index in [9.17, 15) is 2.74 Å². The van der Waals surface area contributed by atoms with Gasteiger partial charge in [-0.3, -0.25) is 0 Å². The molecule has 12 aromatic rings. The molecule has 0 radical (unpaired) electrons. The van der Waals surface area contributed by atoms with E-state index >= 15 is 0 Å². The van der Waals surface area contributed by atoms with E-state index in [4.69, 9.17) is 23.2 Å². The Hall–Kier alpha value is -8.41. The zero-order valence-electron chi connectivity index (χ0n) is 41.0. The van der Waals surface area contributed by atoms with Crippen LogP contribution in [0.5, 0.6) is 0 Å². The molecular formula is C57H37N5. The summed E-state index contributed by atoms with van der Waals surface area (Å²) >= 11 is 0. The van der Waals surface area contributed by atoms with Gasteiger partial charge in [0, 0.05) is 43.8 Å². The molecule has 0 atom stereocenters. The molecule has 5 nitrogen and oxygen atoms in total. The van der Waals surface area contributed by atoms with Crippen molar-refractivity contribution >= 4 is 43.6 Å². The summed E-state index contributed by atoms with van der Waals surface area (Å²) in [6.45, 7) is 0. The van der Waals surface area contributed by atoms with Gasteiger partial charge in [-0.05, 0) is 53.0 Å². The SMILES string of the molecule is [2H]c1c([2H])c([2H])c2c(c1[2H])c1c([2H])c([2H])c([2H])c([2H])c1n2-c1cccc2c1c1ccccc1n2-c1cc(-c2nc(-c3ccccc3)nc(-c3ccc(-c4ccccc4)cc3)n2)ccc1-c1ccccc1. The molecule has 0 aliphatic heterocycles. The first-order chi connectivity index (χ1) is 34.1. The molecule has 0 saturated heterocycles. The Morgan fingerprint density at radius 1 is 0.323 bits per heavy atom. The number of aromatic nitrogens is 5. The van der Waals surface area contributed by atoms with Crippen molar-refractivity contribution < 1.29 is 11.0 Å². The van der Waals surface area contributed by atoms with Gasteiger partial charge in [0.2, 0.25) is 0 Å². The second-order valence-electron chi connectivity index (χ2n) is 15.0. The van der Waals surface area contributed by atoms with Gasteiger partial charge in [-0.1, -0.05) is 188 Å². The summed E-state index contributed by atoms with van der Waals surface area (Å²) < 4.78 is 75.2. The topological polar surface area (TPSA) is 48.5 Å². The summed E-state index contributed by atoms with van der Waals surface area (Å²) in [4.78, 5) is 15.3. The predicted molar refractivity (Wildman–Crippen MR) is 256 cm³/mol. The lowest BCUT2D eigenvalue weighted by molar-refractivity contribution is 1.07. The van der Waals surface area contributed by atoms with E-state index in [1.165, 1.54) is 0 Å². The van der Waals surface area contributed by atoms with Crippen LogP contribution in [-0.4, -0.2) is 24.1 Å². The van der Waals surface area contributed by atoms with Gasteiger partial charge in [0.05, 0.1) is 44.4 Å². The number of rotatable bonds is 7. The Morgan fingerprint density at radius 2 is 0.790 bits per heavy atom. The number of benzene rings is 9. The minimum atomic E-state index is -0.491. The molecule has 0 aliphatic carbocycles. The van der Waals surface area contributed by atoms with Gasteiger partial charge < -0.3 is 9.13 Å². The number of para-hydroxylation sites is 3. The number of hydrogen-bond acceptors (Lipinski definition) is 3. The van der Waals surface area contributed by atoms with E-state index in [2.05, 4.69) is 53.1 Å². The Kier molecular flexibility index (Phi) is 6.67. The molecule has 0 spiro atoms. The van der Waals surface area contributed by atoms with Gasteiger partial charge in [-0.15, -0.1) is 0 Å². The standard InChI is InChI=1S/C57H37N5/c1-4-17-38(18-5-1)39-31-33-42(34-32-39)56-58-55(41-21-8-3-9-22-41)59-57(60-56)43-35-36-44(40-19-6-2-7-20-40)53(37-43)62-50-28-15-12-25-47(50)54-51(29-16-30-52(54)62)61-48-26-13-10-23-45(48)46-24-11-14-27-49(46)61/h1-37H/i10D,11D,13D,14D,23D,24D,26D,27D. The smallest absolute Gasteiger partial charge is 0.164 e. The fraction of sp³-hybridized carbons (Fsp3) is 0. The van der Waals surface area contributed by atoms with Crippen molar-refractivity contribution in [3.05, 3.63) is 224 Å². The molecule has 3 heterocycles. The van der Waals surface area contributed by atoms with Crippen LogP contribution in [0.2, 0.25) is 0 Å². The van der Waals surface area contributed by atoms with Crippen molar-refractivity contribution in [3.8, 4) is 67.8 Å². The summed E-state index contributed by atoms with van der Waals surface area (Å²) in [5, 5.41) is 1.55. The average molecular weight is 800 g/mol. The minimum Gasteiger partial charge on any atom is -0.309 e. The molecule has 3 aromatic heterocycles. The van der Waals surface area contributed by atoms with Gasteiger partial charge in [0.15, 0.2) is 17.5 Å². The predicted octanol–water partition coefficient (Wildman–Crippen LogP) is 14.4. The number of nitrogens with zero attached hydrogens (tertiary/aromatic N) is 5. The second-order valence-corrected chi connectivity index (χ2v) is 15.0. The maximum Gasteiger partial charge on any atom is 0.164 e. The normalized spacial score (nSPS) is 13.4. The number of hydrogen-bond donors (Lipinski definition) is 0. The number of fused-ring (bicyclic) bond motifs is 6. The van der Waals surface area contributed by atoms with Crippen LogP contribution >= 0.6 is 0 Å². The maximum atomic E-state index is 9.27. The van der Waals surface area contributed by atoms with Crippen molar-refractivity contribution in [3.63, 3.8) is 0 Å². The lowest BCUT2D eigenvalue weighted by Gasteiger charge is -2.17. The van der Waals surface area contributed by atoms with Crippen LogP contribution in [0, 0.1) is 0 Å². The van der Waals surface area contributed by atoms with E-state index < -0.39 is 24.2 Å². The Balaban J connectivity index is 1.14. The van der Waals surface area contributed by atoms with Crippen molar-refractivity contribution in [1.82, 2.24) is 24.1 Å². The van der Waals surface area contributed by atoms with E-state index in [0.29, 0.717) is 28.5 Å². The zero-order valence-corrected chi connectivity index (χ0v) is 33.0. The van der Waals surface area contributed by atoms with E-state index in [1.54, 1.807) is 4.57 Å². The van der Waals surface area contributed by atoms with Crippen LogP contribution in [0.25, 0.3) is 111 Å². The van der Waals surface area contributed by atoms with Crippen LogP contribution < -0.4 is 0 Å². The summed E-state index contributed by atoms with van der Waals surface area (Å²) in [5.74, 6) is 1.50. The molecule has 12 rings (SSSR count). The van der Waals surface area contributed by atoms with Crippen molar-refractivity contribution in [2.45, 2.75) is 0 Å². The van der Waals surface area contributed by atoms with Crippen LogP contribution in [0.3, 0.4) is 0 Å². The van der Waals surface area contributed by atoms with Gasteiger partial charge in [0.1, 0.15) is 0 Å². The van der Waals surface area contributed by atoms with Gasteiger partial charge in [-0.25, -0.2) is 15.0 Å². The third-order valence-electron chi connectivity index (χ3n) is 11.4. The fourth-order valence-electron chi connectivity index (χ4n) is 8.62. The first kappa shape index (κ1) is 28.1. The summed E-state index contributed by atoms with van der Waals surface area (Å²) in [6, 6.07) is 54.7. The third-order valence-corrected chi connectivity index (χ3v) is 11.4. The van der Waals surface area contributed by atoms with E-state index in [1.807, 2.05) is 127 Å². The van der Waals surface area contributed by atoms with Gasteiger partial charge >= 0.3 is 0 Å². The summed E-state index contributed by atoms with van der Waals surface area (Å²) in [6.07, 6.45) is 0. The quantitative estimate of drug-likeness (QED) is 0.161. The van der Waals surface area contributed by atoms with Crippen molar-refractivity contribution in [1.29, 1.82) is 0 Å². The highest BCUT2D eigenvalue weighted by Gasteiger charge is 2.22. The lowest BCUT2D eigenvalue weighted by atomic mass is 10.0. The van der Waals surface area contributed by atoms with Crippen LogP contribution in [-0.2, 0) is 0 Å². The molecule has 0 fully saturated rings. The van der Waals surface area contributed by atoms with Crippen molar-refractivity contribution in [2.75, 3.05) is 0 Å². The largest absolute Gasteiger partial charge is 0.309 e. The lowest BCUT2D eigenvalue weighted by Crippen LogP contribution is -2.02. The Labute approximate surface area is 369 Å². The molecule has 0 amide bonds. The molecule has 0 aliphatic rings. The molecule has 62 heavy (non-hydrogen) atoms. The van der Waals surface area contributed by atoms with E-state index in [0.717, 1.165) is 61.1 Å². The Bertz CT molecular complexity index is 4000. The minimum absolute atomic E-state index is 0.0199. The second kappa shape index (κ2) is 14.7. The van der Waals surface area contributed by atoms with Crippen LogP contribution in [0.15, 0.2) is 224 Å². The fourth-order valence-corrected chi connectivity index (χ4v) is 8.62. The molecule has 0 N–H and O–H groups in total. The molecule has 0 unspecified atom stereocenters. The van der Waals surface area contributed by atoms with Crippen LogP contribution in [0.4, 0.5) is 0 Å². The molecule has 0 saturated carbocycles. The average Bonchev–Trinajstić information content (AvgIpc) is 3.96. The van der Waals surface area contributed by atoms with Gasteiger partial charge in [-0.2, -0.15) is 0 Å². The highest BCUT2D eigenvalue weighted by atomic mass is 15.0.